The molecule has 0 atom stereocenters. The van der Waals surface area contributed by atoms with E-state index in [0.717, 1.165) is 10.8 Å². The zero-order chi connectivity index (χ0) is 16.6. The molecule has 1 aromatic heterocycles. The van der Waals surface area contributed by atoms with Crippen LogP contribution in [0.1, 0.15) is 0 Å². The number of rotatable bonds is 3. The summed E-state index contributed by atoms with van der Waals surface area (Å²) in [5.74, 6) is 0.169. The molecule has 0 aliphatic heterocycles. The van der Waals surface area contributed by atoms with Crippen LogP contribution in [0.5, 0.6) is 5.75 Å². The summed E-state index contributed by atoms with van der Waals surface area (Å²) < 4.78 is 5.37. The van der Waals surface area contributed by atoms with Crippen LogP contribution < -0.4 is 16.2 Å². The Hall–Kier alpha value is -3.42. The van der Waals surface area contributed by atoms with Gasteiger partial charge in [-0.2, -0.15) is 4.98 Å². The molecule has 0 amide bonds. The van der Waals surface area contributed by atoms with Crippen molar-refractivity contribution in [3.8, 4) is 17.0 Å². The molecule has 0 aliphatic carbocycles. The lowest BCUT2D eigenvalue weighted by molar-refractivity contribution is -0.383. The quantitative estimate of drug-likeness (QED) is 0.560. The van der Waals surface area contributed by atoms with E-state index in [1.54, 1.807) is 12.1 Å². The molecule has 8 nitrogen and oxygen atoms in total. The van der Waals surface area contributed by atoms with Crippen molar-refractivity contribution >= 4 is 28.2 Å². The minimum Gasteiger partial charge on any atom is -0.496 e. The Morgan fingerprint density at radius 3 is 2.61 bits per heavy atom. The van der Waals surface area contributed by atoms with Gasteiger partial charge in [-0.05, 0) is 17.5 Å². The second-order valence-electron chi connectivity index (χ2n) is 4.82. The summed E-state index contributed by atoms with van der Waals surface area (Å²) in [4.78, 5) is 18.4. The fourth-order valence-corrected chi connectivity index (χ4v) is 2.45. The minimum absolute atomic E-state index is 0.0593. The Morgan fingerprint density at radius 1 is 1.17 bits per heavy atom. The lowest BCUT2D eigenvalue weighted by atomic mass is 10.0. The van der Waals surface area contributed by atoms with Gasteiger partial charge in [0, 0.05) is 10.9 Å². The Kier molecular flexibility index (Phi) is 3.41. The molecule has 0 saturated carbocycles. The largest absolute Gasteiger partial charge is 0.496 e. The average molecular weight is 311 g/mol. The second-order valence-corrected chi connectivity index (χ2v) is 4.82. The van der Waals surface area contributed by atoms with Crippen molar-refractivity contribution in [3.05, 3.63) is 46.5 Å². The van der Waals surface area contributed by atoms with E-state index in [0.29, 0.717) is 11.3 Å². The Labute approximate surface area is 130 Å². The van der Waals surface area contributed by atoms with E-state index in [4.69, 9.17) is 16.2 Å². The van der Waals surface area contributed by atoms with E-state index < -0.39 is 4.92 Å². The van der Waals surface area contributed by atoms with Crippen LogP contribution in [0.2, 0.25) is 0 Å². The van der Waals surface area contributed by atoms with Crippen molar-refractivity contribution in [1.29, 1.82) is 0 Å². The van der Waals surface area contributed by atoms with Gasteiger partial charge in [-0.15, -0.1) is 0 Å². The maximum absolute atomic E-state index is 11.3. The van der Waals surface area contributed by atoms with Crippen molar-refractivity contribution in [2.24, 2.45) is 0 Å². The van der Waals surface area contributed by atoms with E-state index in [2.05, 4.69) is 9.97 Å². The van der Waals surface area contributed by atoms with Crippen LogP contribution in [0.3, 0.4) is 0 Å². The summed E-state index contributed by atoms with van der Waals surface area (Å²) in [6.07, 6.45) is 0. The number of ether oxygens (including phenoxy) is 1. The van der Waals surface area contributed by atoms with Gasteiger partial charge in [-0.25, -0.2) is 4.98 Å². The maximum atomic E-state index is 11.3. The summed E-state index contributed by atoms with van der Waals surface area (Å²) in [7, 11) is 1.53. The first kappa shape index (κ1) is 14.5. The molecular formula is C15H13N5O3. The van der Waals surface area contributed by atoms with Crippen LogP contribution in [0, 0.1) is 10.1 Å². The molecule has 2 aromatic carbocycles. The summed E-state index contributed by atoms with van der Waals surface area (Å²) in [5, 5.41) is 13.1. The number of nitrogens with two attached hydrogens (primary N) is 2. The first-order chi connectivity index (χ1) is 11.0. The highest BCUT2D eigenvalue weighted by molar-refractivity contribution is 5.94. The number of nitro groups is 1. The Bertz CT molecular complexity index is 926. The van der Waals surface area contributed by atoms with E-state index in [9.17, 15) is 10.1 Å². The third-order valence-corrected chi connectivity index (χ3v) is 3.43. The molecule has 3 aromatic rings. The SMILES string of the molecule is COc1cc(-c2nc(N)nc(N)c2[N+](=O)[O-])cc2ccccc12. The van der Waals surface area contributed by atoms with Gasteiger partial charge in [0.25, 0.3) is 0 Å². The summed E-state index contributed by atoms with van der Waals surface area (Å²) in [6, 6.07) is 11.0. The molecule has 0 fully saturated rings. The maximum Gasteiger partial charge on any atom is 0.337 e. The van der Waals surface area contributed by atoms with E-state index in [1.165, 1.54) is 7.11 Å². The van der Waals surface area contributed by atoms with Gasteiger partial charge < -0.3 is 16.2 Å². The van der Waals surface area contributed by atoms with Crippen LogP contribution in [0.25, 0.3) is 22.0 Å². The van der Waals surface area contributed by atoms with Crippen molar-refractivity contribution in [1.82, 2.24) is 9.97 Å². The Morgan fingerprint density at radius 2 is 1.91 bits per heavy atom. The van der Waals surface area contributed by atoms with Gasteiger partial charge in [0.05, 0.1) is 12.0 Å². The van der Waals surface area contributed by atoms with Crippen LogP contribution in [0.4, 0.5) is 17.5 Å². The number of benzene rings is 2. The molecule has 4 N–H and O–H groups in total. The predicted octanol–water partition coefficient (Wildman–Crippen LogP) is 2.38. The number of fused-ring (bicyclic) bond motifs is 1. The summed E-state index contributed by atoms with van der Waals surface area (Å²) in [5.41, 5.74) is 11.4. The molecule has 8 heteroatoms. The molecule has 0 spiro atoms. The normalized spacial score (nSPS) is 10.7. The zero-order valence-corrected chi connectivity index (χ0v) is 12.2. The van der Waals surface area contributed by atoms with Gasteiger partial charge in [0.1, 0.15) is 5.75 Å². The van der Waals surface area contributed by atoms with Crippen LogP contribution >= 0.6 is 0 Å². The molecule has 116 valence electrons. The van der Waals surface area contributed by atoms with Crippen molar-refractivity contribution in [3.63, 3.8) is 0 Å². The minimum atomic E-state index is -0.619. The summed E-state index contributed by atoms with van der Waals surface area (Å²) in [6.45, 7) is 0. The fraction of sp³-hybridized carbons (Fsp3) is 0.0667. The standard InChI is InChI=1S/C15H13N5O3/c1-23-11-7-9(6-8-4-2-3-5-10(8)11)12-13(20(21)22)14(16)19-15(17)18-12/h2-7H,1H3,(H4,16,17,18,19). The van der Waals surface area contributed by atoms with E-state index in [1.807, 2.05) is 24.3 Å². The number of nitrogens with zero attached hydrogens (tertiary/aromatic N) is 3. The molecule has 1 heterocycles. The lowest BCUT2D eigenvalue weighted by Gasteiger charge is -2.10. The van der Waals surface area contributed by atoms with Crippen molar-refractivity contribution in [2.45, 2.75) is 0 Å². The third kappa shape index (κ3) is 2.46. The molecule has 3 rings (SSSR count). The second kappa shape index (κ2) is 5.41. The smallest absolute Gasteiger partial charge is 0.337 e. The highest BCUT2D eigenvalue weighted by Gasteiger charge is 2.24. The number of anilines is 2. The number of aromatic nitrogens is 2. The number of hydrogen-bond acceptors (Lipinski definition) is 7. The van der Waals surface area contributed by atoms with Crippen LogP contribution in [0.15, 0.2) is 36.4 Å². The number of methoxy groups -OCH3 is 1. The third-order valence-electron chi connectivity index (χ3n) is 3.43. The van der Waals surface area contributed by atoms with E-state index in [-0.39, 0.29) is 23.1 Å². The van der Waals surface area contributed by atoms with Gasteiger partial charge in [0.2, 0.25) is 11.8 Å². The van der Waals surface area contributed by atoms with Crippen molar-refractivity contribution in [2.75, 3.05) is 18.6 Å². The molecule has 0 unspecified atom stereocenters. The monoisotopic (exact) mass is 311 g/mol. The molecular weight excluding hydrogens is 298 g/mol. The Balaban J connectivity index is 2.35. The first-order valence-electron chi connectivity index (χ1n) is 6.65. The highest BCUT2D eigenvalue weighted by Crippen LogP contribution is 2.37. The highest BCUT2D eigenvalue weighted by atomic mass is 16.6. The first-order valence-corrected chi connectivity index (χ1v) is 6.65. The van der Waals surface area contributed by atoms with Crippen LogP contribution in [-0.4, -0.2) is 22.0 Å². The van der Waals surface area contributed by atoms with E-state index >= 15 is 0 Å². The molecule has 23 heavy (non-hydrogen) atoms. The van der Waals surface area contributed by atoms with Gasteiger partial charge >= 0.3 is 5.69 Å². The predicted molar refractivity (Wildman–Crippen MR) is 87.0 cm³/mol. The molecule has 0 radical (unpaired) electrons. The zero-order valence-electron chi connectivity index (χ0n) is 12.2. The fourth-order valence-electron chi connectivity index (χ4n) is 2.45. The lowest BCUT2D eigenvalue weighted by Crippen LogP contribution is -2.06. The topological polar surface area (TPSA) is 130 Å². The van der Waals surface area contributed by atoms with Gasteiger partial charge in [0.15, 0.2) is 5.69 Å². The number of hydrogen-bond donors (Lipinski definition) is 2. The number of nitrogen functional groups attached to an aromatic ring is 2. The van der Waals surface area contributed by atoms with Gasteiger partial charge in [-0.3, -0.25) is 10.1 Å². The van der Waals surface area contributed by atoms with Gasteiger partial charge in [-0.1, -0.05) is 24.3 Å². The average Bonchev–Trinajstić information content (AvgIpc) is 2.52. The molecule has 0 bridgehead atoms. The van der Waals surface area contributed by atoms with Crippen LogP contribution in [-0.2, 0) is 0 Å². The molecule has 0 saturated heterocycles. The van der Waals surface area contributed by atoms with Crippen molar-refractivity contribution < 1.29 is 9.66 Å². The summed E-state index contributed by atoms with van der Waals surface area (Å²) >= 11 is 0. The molecule has 0 aliphatic rings.